The number of nitrogens with zero attached hydrogens (tertiary/aromatic N) is 1. The van der Waals surface area contributed by atoms with Crippen molar-refractivity contribution in [1.82, 2.24) is 4.98 Å². The van der Waals surface area contributed by atoms with Crippen LogP contribution in [0.1, 0.15) is 51.4 Å². The Hall–Kier alpha value is -1.05. The molecule has 19 heavy (non-hydrogen) atoms. The van der Waals surface area contributed by atoms with Gasteiger partial charge in [0.25, 0.3) is 0 Å². The lowest BCUT2D eigenvalue weighted by atomic mass is 9.68. The van der Waals surface area contributed by atoms with Gasteiger partial charge in [-0.2, -0.15) is 0 Å². The second-order valence-corrected chi connectivity index (χ2v) is 7.58. The van der Waals surface area contributed by atoms with Crippen molar-refractivity contribution < 1.29 is 0 Å². The number of aromatic nitrogens is 1. The molecule has 0 radical (unpaired) electrons. The number of aryl methyl sites for hydroxylation is 2. The van der Waals surface area contributed by atoms with Crippen LogP contribution in [0.25, 0.3) is 0 Å². The monoisotopic (exact) mass is 258 g/mol. The van der Waals surface area contributed by atoms with Crippen LogP contribution >= 0.6 is 0 Å². The van der Waals surface area contributed by atoms with E-state index in [-0.39, 0.29) is 0 Å². The predicted octanol–water partition coefficient (Wildman–Crippen LogP) is 4.33. The van der Waals surface area contributed by atoms with Crippen molar-refractivity contribution in [1.29, 1.82) is 0 Å². The van der Waals surface area contributed by atoms with E-state index < -0.39 is 0 Å². The lowest BCUT2D eigenvalue weighted by Crippen LogP contribution is -2.45. The fourth-order valence-electron chi connectivity index (χ4n) is 4.66. The van der Waals surface area contributed by atoms with Gasteiger partial charge in [0.1, 0.15) is 0 Å². The van der Waals surface area contributed by atoms with E-state index in [2.05, 4.69) is 57.1 Å². The van der Waals surface area contributed by atoms with Crippen LogP contribution in [0.15, 0.2) is 12.1 Å². The molecule has 1 heterocycles. The molecule has 2 saturated carbocycles. The van der Waals surface area contributed by atoms with Gasteiger partial charge < -0.3 is 5.32 Å². The van der Waals surface area contributed by atoms with Gasteiger partial charge in [-0.25, -0.2) is 0 Å². The van der Waals surface area contributed by atoms with Crippen LogP contribution in [0.4, 0.5) is 5.69 Å². The standard InChI is InChI=1S/C17H26N2/c1-11-6-7-14(12(2)18-11)19-15-16(3,4)13-8-9-17(15,5)10-13/h6-7,13,15,19H,8-10H2,1-5H3/t13-,15?,17+/m0/s1. The first-order valence-corrected chi connectivity index (χ1v) is 7.54. The SMILES string of the molecule is Cc1ccc(NC2C(C)(C)[C@H]3CC[C@]2(C)C3)c(C)n1. The fourth-order valence-corrected chi connectivity index (χ4v) is 4.66. The first kappa shape index (κ1) is 13.0. The molecule has 1 aromatic rings. The van der Waals surface area contributed by atoms with E-state index in [9.17, 15) is 0 Å². The molecule has 2 bridgehead atoms. The fraction of sp³-hybridized carbons (Fsp3) is 0.706. The summed E-state index contributed by atoms with van der Waals surface area (Å²) >= 11 is 0. The number of hydrogen-bond acceptors (Lipinski definition) is 2. The third kappa shape index (κ3) is 1.87. The molecule has 1 aromatic heterocycles. The molecule has 0 amide bonds. The van der Waals surface area contributed by atoms with Crippen LogP contribution < -0.4 is 5.32 Å². The highest BCUT2D eigenvalue weighted by Crippen LogP contribution is 2.63. The highest BCUT2D eigenvalue weighted by molar-refractivity contribution is 5.50. The van der Waals surface area contributed by atoms with Crippen LogP contribution in [-0.2, 0) is 0 Å². The second kappa shape index (κ2) is 3.97. The Kier molecular flexibility index (Phi) is 2.71. The van der Waals surface area contributed by atoms with Gasteiger partial charge >= 0.3 is 0 Å². The third-order valence-electron chi connectivity index (χ3n) is 5.79. The molecule has 0 aromatic carbocycles. The molecule has 2 fully saturated rings. The number of nitrogens with one attached hydrogen (secondary N) is 1. The summed E-state index contributed by atoms with van der Waals surface area (Å²) in [6.07, 6.45) is 4.17. The number of rotatable bonds is 2. The summed E-state index contributed by atoms with van der Waals surface area (Å²) in [5.41, 5.74) is 4.30. The zero-order valence-corrected chi connectivity index (χ0v) is 12.9. The van der Waals surface area contributed by atoms with Crippen molar-refractivity contribution in [3.05, 3.63) is 23.5 Å². The summed E-state index contributed by atoms with van der Waals surface area (Å²) in [5.74, 6) is 0.883. The van der Waals surface area contributed by atoms with E-state index >= 15 is 0 Å². The molecule has 2 aliphatic rings. The Balaban J connectivity index is 1.90. The van der Waals surface area contributed by atoms with Gasteiger partial charge in [-0.05, 0) is 62.0 Å². The minimum absolute atomic E-state index is 0.393. The molecule has 2 aliphatic carbocycles. The molecule has 2 heteroatoms. The van der Waals surface area contributed by atoms with Crippen molar-refractivity contribution in [3.63, 3.8) is 0 Å². The average molecular weight is 258 g/mol. The van der Waals surface area contributed by atoms with Crippen LogP contribution in [0, 0.1) is 30.6 Å². The molecular weight excluding hydrogens is 232 g/mol. The number of pyridine rings is 1. The quantitative estimate of drug-likeness (QED) is 0.854. The van der Waals surface area contributed by atoms with Crippen molar-refractivity contribution in [3.8, 4) is 0 Å². The summed E-state index contributed by atoms with van der Waals surface area (Å²) in [5, 5.41) is 3.84. The zero-order chi connectivity index (χ0) is 13.8. The van der Waals surface area contributed by atoms with Gasteiger partial charge in [-0.15, -0.1) is 0 Å². The molecule has 0 aliphatic heterocycles. The van der Waals surface area contributed by atoms with Crippen LogP contribution in [0.2, 0.25) is 0 Å². The topological polar surface area (TPSA) is 24.9 Å². The van der Waals surface area contributed by atoms with Gasteiger partial charge in [-0.3, -0.25) is 4.98 Å². The van der Waals surface area contributed by atoms with E-state index in [0.717, 1.165) is 17.3 Å². The molecule has 2 nitrogen and oxygen atoms in total. The molecule has 0 saturated heterocycles. The van der Waals surface area contributed by atoms with E-state index in [1.807, 2.05) is 0 Å². The van der Waals surface area contributed by atoms with Crippen molar-refractivity contribution in [2.75, 3.05) is 5.32 Å². The van der Waals surface area contributed by atoms with Gasteiger partial charge in [-0.1, -0.05) is 20.8 Å². The maximum Gasteiger partial charge on any atom is 0.0606 e. The summed E-state index contributed by atoms with van der Waals surface area (Å²) < 4.78 is 0. The highest BCUT2D eigenvalue weighted by Gasteiger charge is 2.59. The zero-order valence-electron chi connectivity index (χ0n) is 12.9. The van der Waals surface area contributed by atoms with Gasteiger partial charge in [0.05, 0.1) is 11.4 Å². The smallest absolute Gasteiger partial charge is 0.0606 e. The number of anilines is 1. The van der Waals surface area contributed by atoms with Gasteiger partial charge in [0, 0.05) is 11.7 Å². The van der Waals surface area contributed by atoms with Gasteiger partial charge in [0.2, 0.25) is 0 Å². The predicted molar refractivity (Wildman–Crippen MR) is 80.4 cm³/mol. The lowest BCUT2D eigenvalue weighted by Gasteiger charge is -2.43. The maximum absolute atomic E-state index is 4.59. The van der Waals surface area contributed by atoms with E-state index in [4.69, 9.17) is 0 Å². The normalized spacial score (nSPS) is 35.6. The third-order valence-corrected chi connectivity index (χ3v) is 5.79. The Morgan fingerprint density at radius 1 is 1.21 bits per heavy atom. The first-order valence-electron chi connectivity index (χ1n) is 7.54. The number of fused-ring (bicyclic) bond motifs is 2. The summed E-state index contributed by atoms with van der Waals surface area (Å²) in [7, 11) is 0. The molecular formula is C17H26N2. The minimum atomic E-state index is 0.393. The Labute approximate surface area is 117 Å². The molecule has 3 rings (SSSR count). The number of hydrogen-bond donors (Lipinski definition) is 1. The molecule has 3 atom stereocenters. The lowest BCUT2D eigenvalue weighted by molar-refractivity contribution is 0.155. The van der Waals surface area contributed by atoms with Crippen LogP contribution in [0.3, 0.4) is 0 Å². The maximum atomic E-state index is 4.59. The van der Waals surface area contributed by atoms with E-state index in [0.29, 0.717) is 16.9 Å². The Morgan fingerprint density at radius 3 is 2.53 bits per heavy atom. The molecule has 1 N–H and O–H groups in total. The summed E-state index contributed by atoms with van der Waals surface area (Å²) in [6, 6.07) is 4.88. The van der Waals surface area contributed by atoms with Gasteiger partial charge in [0.15, 0.2) is 0 Å². The van der Waals surface area contributed by atoms with E-state index in [1.54, 1.807) is 0 Å². The molecule has 0 spiro atoms. The van der Waals surface area contributed by atoms with Crippen LogP contribution in [0.5, 0.6) is 0 Å². The van der Waals surface area contributed by atoms with Crippen molar-refractivity contribution in [2.45, 2.75) is 59.9 Å². The largest absolute Gasteiger partial charge is 0.380 e. The van der Waals surface area contributed by atoms with Crippen LogP contribution in [-0.4, -0.2) is 11.0 Å². The van der Waals surface area contributed by atoms with Crippen molar-refractivity contribution >= 4 is 5.69 Å². The second-order valence-electron chi connectivity index (χ2n) is 7.58. The Bertz CT molecular complexity index is 501. The van der Waals surface area contributed by atoms with E-state index in [1.165, 1.54) is 24.9 Å². The Morgan fingerprint density at radius 2 is 1.95 bits per heavy atom. The summed E-state index contributed by atoms with van der Waals surface area (Å²) in [6.45, 7) is 11.5. The average Bonchev–Trinajstić information content (AvgIpc) is 2.78. The molecule has 1 unspecified atom stereocenters. The summed E-state index contributed by atoms with van der Waals surface area (Å²) in [4.78, 5) is 4.59. The van der Waals surface area contributed by atoms with Crippen molar-refractivity contribution in [2.24, 2.45) is 16.7 Å². The minimum Gasteiger partial charge on any atom is -0.380 e. The highest BCUT2D eigenvalue weighted by atomic mass is 15.0. The first-order chi connectivity index (χ1) is 8.83. The molecule has 104 valence electrons.